The highest BCUT2D eigenvalue weighted by Crippen LogP contribution is 2.43. The van der Waals surface area contributed by atoms with E-state index < -0.39 is 5.97 Å². The van der Waals surface area contributed by atoms with Crippen LogP contribution in [0.3, 0.4) is 0 Å². The molecule has 0 saturated carbocycles. The van der Waals surface area contributed by atoms with Crippen molar-refractivity contribution in [3.63, 3.8) is 0 Å². The Morgan fingerprint density at radius 2 is 1.96 bits per heavy atom. The molecule has 0 spiro atoms. The summed E-state index contributed by atoms with van der Waals surface area (Å²) in [4.78, 5) is 24.3. The maximum absolute atomic E-state index is 11.8. The van der Waals surface area contributed by atoms with Crippen LogP contribution in [0.25, 0.3) is 28.5 Å². The molecular formula is C21H16O5S. The number of hydrogen-bond donors (Lipinski definition) is 3. The van der Waals surface area contributed by atoms with E-state index in [1.165, 1.54) is 24.3 Å². The molecule has 2 aliphatic carbocycles. The van der Waals surface area contributed by atoms with Crippen molar-refractivity contribution in [2.24, 2.45) is 5.92 Å². The molecule has 27 heavy (non-hydrogen) atoms. The molecule has 2 N–H and O–H groups in total. The molecule has 5 nitrogen and oxygen atoms in total. The van der Waals surface area contributed by atoms with Crippen LogP contribution in [0.15, 0.2) is 56.3 Å². The second-order valence-electron chi connectivity index (χ2n) is 6.69. The van der Waals surface area contributed by atoms with Crippen LogP contribution in [0.5, 0.6) is 0 Å². The first-order chi connectivity index (χ1) is 12.8. The van der Waals surface area contributed by atoms with Gasteiger partial charge in [-0.3, -0.25) is 4.79 Å². The van der Waals surface area contributed by atoms with Gasteiger partial charge in [-0.05, 0) is 42.3 Å². The van der Waals surface area contributed by atoms with E-state index in [1.807, 2.05) is 6.92 Å². The van der Waals surface area contributed by atoms with Gasteiger partial charge < -0.3 is 14.6 Å². The molecule has 1 heterocycles. The zero-order valence-electron chi connectivity index (χ0n) is 14.4. The highest BCUT2D eigenvalue weighted by molar-refractivity contribution is 7.80. The summed E-state index contributed by atoms with van der Waals surface area (Å²) in [6.07, 6.45) is 2.02. The number of carbonyl (C=O) groups is 1. The molecule has 0 amide bonds. The number of benzene rings is 2. The lowest BCUT2D eigenvalue weighted by molar-refractivity contribution is 0.0697. The molecular weight excluding hydrogens is 364 g/mol. The lowest BCUT2D eigenvalue weighted by Crippen LogP contribution is -2.14. The lowest BCUT2D eigenvalue weighted by atomic mass is 9.83. The van der Waals surface area contributed by atoms with Crippen molar-refractivity contribution in [3.8, 4) is 22.5 Å². The third-order valence-corrected chi connectivity index (χ3v) is 5.12. The number of carboxylic acids is 1. The van der Waals surface area contributed by atoms with Crippen LogP contribution < -0.4 is 5.43 Å². The quantitative estimate of drug-likeness (QED) is 0.570. The maximum Gasteiger partial charge on any atom is 0.336 e. The van der Waals surface area contributed by atoms with Crippen LogP contribution in [0.1, 0.15) is 28.6 Å². The molecule has 3 aliphatic rings. The van der Waals surface area contributed by atoms with Crippen molar-refractivity contribution in [1.29, 1.82) is 0 Å². The predicted molar refractivity (Wildman–Crippen MR) is 105 cm³/mol. The number of rotatable bonds is 2. The second kappa shape index (κ2) is 6.32. The minimum absolute atomic E-state index is 0.129. The fourth-order valence-electron chi connectivity index (χ4n) is 3.50. The third-order valence-electron chi connectivity index (χ3n) is 4.84. The Hall–Kier alpha value is -2.99. The topological polar surface area (TPSA) is 87.7 Å². The Labute approximate surface area is 160 Å². The van der Waals surface area contributed by atoms with E-state index in [-0.39, 0.29) is 22.7 Å². The number of hydrogen-bond acceptors (Lipinski definition) is 5. The van der Waals surface area contributed by atoms with Gasteiger partial charge in [-0.25, -0.2) is 4.79 Å². The van der Waals surface area contributed by atoms with E-state index in [0.29, 0.717) is 39.5 Å². The molecule has 0 radical (unpaired) electrons. The second-order valence-corrected chi connectivity index (χ2v) is 7.20. The van der Waals surface area contributed by atoms with Crippen molar-refractivity contribution in [2.75, 3.05) is 0 Å². The molecule has 4 rings (SSSR count). The molecule has 1 aromatic rings. The summed E-state index contributed by atoms with van der Waals surface area (Å²) in [5.41, 5.74) is 2.57. The van der Waals surface area contributed by atoms with Gasteiger partial charge in [0.1, 0.15) is 11.5 Å². The van der Waals surface area contributed by atoms with E-state index in [4.69, 9.17) is 4.42 Å². The number of fused-ring (bicyclic) bond motifs is 2. The summed E-state index contributed by atoms with van der Waals surface area (Å²) in [7, 11) is 0. The number of aromatic carboxylic acids is 1. The largest absolute Gasteiger partial charge is 0.512 e. The molecule has 136 valence electrons. The Balaban J connectivity index is 2.16. The van der Waals surface area contributed by atoms with Gasteiger partial charge in [-0.1, -0.05) is 6.92 Å². The lowest BCUT2D eigenvalue weighted by Gasteiger charge is -2.25. The standard InChI is InChI=1S/C21H16O5S/c1-10-6-16-19(9-17(10)23)26-18-7-11(22)2-4-14(18)20(16)15-8-12(27)3-5-13(15)21(24)25/h2-5,7-10,23,27H,6H2,1H3,(H,24,25). The molecule has 6 heteroatoms. The highest BCUT2D eigenvalue weighted by Gasteiger charge is 2.28. The van der Waals surface area contributed by atoms with Crippen molar-refractivity contribution >= 4 is 24.7 Å². The summed E-state index contributed by atoms with van der Waals surface area (Å²) >= 11 is 4.37. The SMILES string of the molecule is CC1Cc2c(oc3cc(=O)ccc-3c2-c2cc(S)ccc2C(=O)O)C=C1O. The van der Waals surface area contributed by atoms with Crippen molar-refractivity contribution in [2.45, 2.75) is 18.2 Å². The minimum Gasteiger partial charge on any atom is -0.512 e. The van der Waals surface area contributed by atoms with Gasteiger partial charge in [0.05, 0.1) is 11.3 Å². The fraction of sp³-hybridized carbons (Fsp3) is 0.143. The van der Waals surface area contributed by atoms with Gasteiger partial charge in [-0.2, -0.15) is 0 Å². The zero-order chi connectivity index (χ0) is 19.3. The summed E-state index contributed by atoms with van der Waals surface area (Å²) in [5, 5.41) is 19.8. The normalized spacial score (nSPS) is 16.1. The Morgan fingerprint density at radius 3 is 2.70 bits per heavy atom. The molecule has 0 fully saturated rings. The average molecular weight is 380 g/mol. The number of thiol groups is 1. The Morgan fingerprint density at radius 1 is 1.19 bits per heavy atom. The average Bonchev–Trinajstić information content (AvgIpc) is 2.60. The van der Waals surface area contributed by atoms with Crippen molar-refractivity contribution in [3.05, 3.63) is 69.3 Å². The number of carboxylic acid groups (broad SMARTS) is 1. The highest BCUT2D eigenvalue weighted by atomic mass is 32.1. The molecule has 1 aromatic carbocycles. The summed E-state index contributed by atoms with van der Waals surface area (Å²) in [5.74, 6) is -0.217. The van der Waals surface area contributed by atoms with E-state index in [0.717, 1.165) is 5.56 Å². The fourth-order valence-corrected chi connectivity index (χ4v) is 3.70. The molecule has 1 unspecified atom stereocenters. The van der Waals surface area contributed by atoms with E-state index in [1.54, 1.807) is 18.2 Å². The first-order valence-corrected chi connectivity index (χ1v) is 8.87. The number of aliphatic hydroxyl groups excluding tert-OH is 1. The van der Waals surface area contributed by atoms with Gasteiger partial charge in [0.2, 0.25) is 0 Å². The molecule has 1 aliphatic heterocycles. The molecule has 0 saturated heterocycles. The van der Waals surface area contributed by atoms with Crippen molar-refractivity contribution < 1.29 is 19.4 Å². The van der Waals surface area contributed by atoms with E-state index in [9.17, 15) is 19.8 Å². The summed E-state index contributed by atoms with van der Waals surface area (Å²) in [6, 6.07) is 9.30. The molecule has 1 atom stereocenters. The van der Waals surface area contributed by atoms with E-state index >= 15 is 0 Å². The number of allylic oxidation sites excluding steroid dienone is 1. The minimum atomic E-state index is -1.05. The van der Waals surface area contributed by atoms with Crippen LogP contribution in [-0.4, -0.2) is 16.2 Å². The predicted octanol–water partition coefficient (Wildman–Crippen LogP) is 4.49. The van der Waals surface area contributed by atoms with Crippen LogP contribution >= 0.6 is 12.6 Å². The first kappa shape index (κ1) is 17.4. The van der Waals surface area contributed by atoms with Crippen LogP contribution in [-0.2, 0) is 6.42 Å². The van der Waals surface area contributed by atoms with Crippen LogP contribution in [0, 0.1) is 5.92 Å². The van der Waals surface area contributed by atoms with Crippen LogP contribution in [0.2, 0.25) is 0 Å². The van der Waals surface area contributed by atoms with Crippen LogP contribution in [0.4, 0.5) is 0 Å². The molecule has 0 bridgehead atoms. The smallest absolute Gasteiger partial charge is 0.336 e. The Kier molecular flexibility index (Phi) is 4.08. The Bertz CT molecular complexity index is 1140. The van der Waals surface area contributed by atoms with Gasteiger partial charge in [-0.15, -0.1) is 12.6 Å². The monoisotopic (exact) mass is 380 g/mol. The molecule has 0 aromatic heterocycles. The maximum atomic E-state index is 11.8. The zero-order valence-corrected chi connectivity index (χ0v) is 15.3. The van der Waals surface area contributed by atoms with Crippen molar-refractivity contribution in [1.82, 2.24) is 0 Å². The first-order valence-electron chi connectivity index (χ1n) is 8.42. The van der Waals surface area contributed by atoms with E-state index in [2.05, 4.69) is 12.6 Å². The number of aliphatic hydroxyl groups is 1. The van der Waals surface area contributed by atoms with Gasteiger partial charge >= 0.3 is 5.97 Å². The van der Waals surface area contributed by atoms with Gasteiger partial charge in [0, 0.05) is 39.6 Å². The van der Waals surface area contributed by atoms with Gasteiger partial charge in [0.25, 0.3) is 0 Å². The van der Waals surface area contributed by atoms with Gasteiger partial charge in [0.15, 0.2) is 5.43 Å². The summed E-state index contributed by atoms with van der Waals surface area (Å²) in [6.45, 7) is 1.89. The third kappa shape index (κ3) is 2.92. The summed E-state index contributed by atoms with van der Waals surface area (Å²) < 4.78 is 5.87.